The van der Waals surface area contributed by atoms with Crippen LogP contribution in [0.3, 0.4) is 0 Å². The first-order valence-corrected chi connectivity index (χ1v) is 6.98. The summed E-state index contributed by atoms with van der Waals surface area (Å²) < 4.78 is 26.0. The topological polar surface area (TPSA) is 47.6 Å². The van der Waals surface area contributed by atoms with Gasteiger partial charge in [0.2, 0.25) is 5.91 Å². The van der Waals surface area contributed by atoms with Crippen molar-refractivity contribution < 1.29 is 18.5 Å². The number of hydrogen-bond acceptors (Lipinski definition) is 3. The van der Waals surface area contributed by atoms with Crippen molar-refractivity contribution in [1.29, 1.82) is 0 Å². The van der Waals surface area contributed by atoms with Crippen LogP contribution in [0.5, 0.6) is 0 Å². The fourth-order valence-electron chi connectivity index (χ4n) is 2.38. The van der Waals surface area contributed by atoms with Gasteiger partial charge in [-0.05, 0) is 39.7 Å². The minimum atomic E-state index is -0.985. The average Bonchev–Trinajstić information content (AvgIpc) is 2.51. The van der Waals surface area contributed by atoms with Crippen molar-refractivity contribution in [1.82, 2.24) is 5.32 Å². The number of nitrogens with one attached hydrogen (secondary N) is 1. The van der Waals surface area contributed by atoms with Crippen LogP contribution in [-0.4, -0.2) is 30.8 Å². The maximum absolute atomic E-state index is 14.6. The molecule has 0 aliphatic carbocycles. The Morgan fingerprint density at radius 2 is 1.65 bits per heavy atom. The zero-order chi connectivity index (χ0) is 15.3. The summed E-state index contributed by atoms with van der Waals surface area (Å²) in [5, 5.41) is 2.72. The summed E-state index contributed by atoms with van der Waals surface area (Å²) in [6, 6.07) is 0. The fourth-order valence-corrected chi connectivity index (χ4v) is 2.38. The lowest BCUT2D eigenvalue weighted by atomic mass is 9.76. The Kier molecular flexibility index (Phi) is 3.54. The van der Waals surface area contributed by atoms with Crippen LogP contribution in [0.1, 0.15) is 48.0 Å². The van der Waals surface area contributed by atoms with Crippen LogP contribution in [-0.2, 0) is 14.1 Å². The van der Waals surface area contributed by atoms with Crippen LogP contribution in [0.4, 0.5) is 4.39 Å². The highest BCUT2D eigenvalue weighted by Crippen LogP contribution is 2.40. The molecule has 2 fully saturated rings. The molecule has 0 atom stereocenters. The molecule has 2 aliphatic heterocycles. The molecule has 2 heterocycles. The lowest BCUT2D eigenvalue weighted by Gasteiger charge is -2.32. The molecule has 20 heavy (non-hydrogen) atoms. The van der Waals surface area contributed by atoms with Crippen LogP contribution < -0.4 is 5.32 Å². The number of carbonyl (C=O) groups excluding carboxylic acids is 1. The minimum Gasteiger partial charge on any atom is -0.398 e. The average molecular weight is 283 g/mol. The van der Waals surface area contributed by atoms with E-state index in [9.17, 15) is 9.18 Å². The van der Waals surface area contributed by atoms with Gasteiger partial charge in [-0.2, -0.15) is 0 Å². The van der Waals surface area contributed by atoms with Crippen molar-refractivity contribution in [3.63, 3.8) is 0 Å². The third kappa shape index (κ3) is 2.51. The summed E-state index contributed by atoms with van der Waals surface area (Å²) >= 11 is 0. The third-order valence-electron chi connectivity index (χ3n) is 4.53. The van der Waals surface area contributed by atoms with Gasteiger partial charge in [0.15, 0.2) is 0 Å². The van der Waals surface area contributed by atoms with Gasteiger partial charge in [0.05, 0.1) is 11.2 Å². The van der Waals surface area contributed by atoms with Crippen LogP contribution in [0.15, 0.2) is 11.3 Å². The maximum Gasteiger partial charge on any atom is 0.525 e. The smallest absolute Gasteiger partial charge is 0.398 e. The third-order valence-corrected chi connectivity index (χ3v) is 4.53. The Hall–Kier alpha value is -0.875. The van der Waals surface area contributed by atoms with Gasteiger partial charge in [-0.25, -0.2) is 4.39 Å². The highest BCUT2D eigenvalue weighted by molar-refractivity contribution is 6.53. The van der Waals surface area contributed by atoms with E-state index >= 15 is 0 Å². The van der Waals surface area contributed by atoms with Crippen molar-refractivity contribution in [2.45, 2.75) is 59.2 Å². The first-order valence-electron chi connectivity index (χ1n) is 6.98. The largest absolute Gasteiger partial charge is 0.525 e. The Bertz CT molecular complexity index is 455. The van der Waals surface area contributed by atoms with E-state index < -0.39 is 29.5 Å². The SMILES string of the molecule is CC1(C)CC(=C(F)B2OC(C)(C)C(C)(C)O2)CNC1=O. The minimum absolute atomic E-state index is 0.0528. The van der Waals surface area contributed by atoms with E-state index in [1.807, 2.05) is 27.7 Å². The normalized spacial score (nSPS) is 30.1. The van der Waals surface area contributed by atoms with Gasteiger partial charge >= 0.3 is 7.12 Å². The van der Waals surface area contributed by atoms with Crippen LogP contribution >= 0.6 is 0 Å². The Balaban J connectivity index is 2.22. The first kappa shape index (κ1) is 15.5. The molecule has 0 spiro atoms. The molecule has 0 aromatic heterocycles. The summed E-state index contributed by atoms with van der Waals surface area (Å²) in [5.41, 5.74) is -1.59. The van der Waals surface area contributed by atoms with Crippen molar-refractivity contribution in [3.05, 3.63) is 11.3 Å². The molecule has 2 saturated heterocycles. The molecule has 0 saturated carbocycles. The molecular formula is C14H23BFNO3. The molecule has 2 rings (SSSR count). The van der Waals surface area contributed by atoms with E-state index in [-0.39, 0.29) is 12.5 Å². The molecule has 1 N–H and O–H groups in total. The number of rotatable bonds is 1. The van der Waals surface area contributed by atoms with Gasteiger partial charge in [-0.3, -0.25) is 4.79 Å². The van der Waals surface area contributed by atoms with Crippen LogP contribution in [0.25, 0.3) is 0 Å². The Labute approximate surface area is 120 Å². The lowest BCUT2D eigenvalue weighted by molar-refractivity contribution is -0.130. The zero-order valence-corrected chi connectivity index (χ0v) is 13.1. The molecule has 1 amide bonds. The molecule has 0 unspecified atom stereocenters. The molecule has 2 aliphatic rings. The second kappa shape index (κ2) is 4.56. The van der Waals surface area contributed by atoms with E-state index in [1.54, 1.807) is 13.8 Å². The predicted octanol–water partition coefficient (Wildman–Crippen LogP) is 2.39. The molecule has 0 aromatic carbocycles. The monoisotopic (exact) mass is 283 g/mol. The van der Waals surface area contributed by atoms with Gasteiger partial charge in [0.25, 0.3) is 0 Å². The summed E-state index contributed by atoms with van der Waals surface area (Å²) in [4.78, 5) is 11.7. The molecule has 112 valence electrons. The van der Waals surface area contributed by atoms with Gasteiger partial charge in [0.1, 0.15) is 5.73 Å². The second-order valence-electron chi connectivity index (χ2n) is 7.28. The van der Waals surface area contributed by atoms with Gasteiger partial charge in [-0.1, -0.05) is 13.8 Å². The first-order chi connectivity index (χ1) is 8.96. The molecular weight excluding hydrogens is 260 g/mol. The lowest BCUT2D eigenvalue weighted by Crippen LogP contribution is -2.44. The summed E-state index contributed by atoms with van der Waals surface area (Å²) in [6.45, 7) is 11.4. The highest BCUT2D eigenvalue weighted by Gasteiger charge is 2.54. The van der Waals surface area contributed by atoms with Crippen molar-refractivity contribution in [3.8, 4) is 0 Å². The van der Waals surface area contributed by atoms with Crippen molar-refractivity contribution in [2.75, 3.05) is 6.54 Å². The molecule has 6 heteroatoms. The number of piperidine rings is 1. The van der Waals surface area contributed by atoms with E-state index in [1.165, 1.54) is 0 Å². The van der Waals surface area contributed by atoms with Crippen molar-refractivity contribution in [2.24, 2.45) is 5.41 Å². The summed E-state index contributed by atoms with van der Waals surface area (Å²) in [5.74, 6) is -0.0528. The standard InChI is InChI=1S/C14H23BFNO3/c1-12(2)7-9(8-17-11(12)18)10(16)15-19-13(3,4)14(5,6)20-15/h7-8H2,1-6H3,(H,17,18). The maximum atomic E-state index is 14.6. The van der Waals surface area contributed by atoms with Crippen LogP contribution in [0, 0.1) is 5.41 Å². The zero-order valence-electron chi connectivity index (χ0n) is 13.1. The number of halogens is 1. The predicted molar refractivity (Wildman–Crippen MR) is 75.6 cm³/mol. The molecule has 0 aromatic rings. The van der Waals surface area contributed by atoms with E-state index in [0.29, 0.717) is 12.0 Å². The second-order valence-corrected chi connectivity index (χ2v) is 7.28. The van der Waals surface area contributed by atoms with Crippen molar-refractivity contribution >= 4 is 13.0 Å². The molecule has 0 bridgehead atoms. The summed E-state index contributed by atoms with van der Waals surface area (Å²) in [6.07, 6.45) is 0.384. The fraction of sp³-hybridized carbons (Fsp3) is 0.786. The van der Waals surface area contributed by atoms with Gasteiger partial charge < -0.3 is 14.6 Å². The Morgan fingerprint density at radius 3 is 2.10 bits per heavy atom. The number of amides is 1. The number of carbonyl (C=O) groups is 1. The van der Waals surface area contributed by atoms with Gasteiger partial charge in [0, 0.05) is 12.0 Å². The van der Waals surface area contributed by atoms with E-state index in [4.69, 9.17) is 9.31 Å². The van der Waals surface area contributed by atoms with E-state index in [2.05, 4.69) is 5.32 Å². The molecule has 4 nitrogen and oxygen atoms in total. The van der Waals surface area contributed by atoms with Crippen LogP contribution in [0.2, 0.25) is 0 Å². The molecule has 0 radical (unpaired) electrons. The van der Waals surface area contributed by atoms with Gasteiger partial charge in [-0.15, -0.1) is 0 Å². The Morgan fingerprint density at radius 1 is 1.15 bits per heavy atom. The quantitative estimate of drug-likeness (QED) is 0.752. The highest BCUT2D eigenvalue weighted by atomic mass is 19.1. The van der Waals surface area contributed by atoms with E-state index in [0.717, 1.165) is 0 Å². The number of hydrogen-bond donors (Lipinski definition) is 1. The summed E-state index contributed by atoms with van der Waals surface area (Å²) in [7, 11) is -0.985.